The second-order valence-electron chi connectivity index (χ2n) is 5.94. The van der Waals surface area contributed by atoms with Crippen molar-refractivity contribution in [3.8, 4) is 0 Å². The largest absolute Gasteiger partial charge is 0.342 e. The fourth-order valence-corrected chi connectivity index (χ4v) is 3.40. The standard InChI is InChI=1S/C13H23NO/c1-10(2)12-4-5-13(8-12)6-7-14(9-13)11(3)15/h10,12H,4-9H2,1-3H3. The average molecular weight is 209 g/mol. The Morgan fingerprint density at radius 1 is 1.40 bits per heavy atom. The number of rotatable bonds is 1. The molecule has 2 heteroatoms. The highest BCUT2D eigenvalue weighted by Crippen LogP contribution is 2.49. The molecule has 2 nitrogen and oxygen atoms in total. The van der Waals surface area contributed by atoms with Crippen molar-refractivity contribution in [2.45, 2.75) is 46.5 Å². The van der Waals surface area contributed by atoms with E-state index in [4.69, 9.17) is 0 Å². The molecule has 0 aromatic rings. The molecule has 0 radical (unpaired) electrons. The van der Waals surface area contributed by atoms with Gasteiger partial charge < -0.3 is 4.90 Å². The lowest BCUT2D eigenvalue weighted by atomic mass is 9.83. The van der Waals surface area contributed by atoms with E-state index in [0.717, 1.165) is 24.9 Å². The zero-order chi connectivity index (χ0) is 11.1. The molecular weight excluding hydrogens is 186 g/mol. The molecule has 2 aliphatic rings. The lowest BCUT2D eigenvalue weighted by Crippen LogP contribution is -2.29. The average Bonchev–Trinajstić information content (AvgIpc) is 2.74. The van der Waals surface area contributed by atoms with E-state index in [1.807, 2.05) is 4.90 Å². The molecule has 2 rings (SSSR count). The lowest BCUT2D eigenvalue weighted by molar-refractivity contribution is -0.128. The minimum Gasteiger partial charge on any atom is -0.342 e. The van der Waals surface area contributed by atoms with Crippen LogP contribution in [-0.2, 0) is 4.79 Å². The Kier molecular flexibility index (Phi) is 2.78. The Labute approximate surface area is 93.0 Å². The number of likely N-dealkylation sites (tertiary alicyclic amines) is 1. The van der Waals surface area contributed by atoms with E-state index in [9.17, 15) is 4.79 Å². The van der Waals surface area contributed by atoms with Gasteiger partial charge in [-0.05, 0) is 42.9 Å². The van der Waals surface area contributed by atoms with Gasteiger partial charge in [0.1, 0.15) is 0 Å². The van der Waals surface area contributed by atoms with Crippen LogP contribution in [0.15, 0.2) is 0 Å². The Hall–Kier alpha value is -0.530. The molecule has 1 saturated heterocycles. The zero-order valence-electron chi connectivity index (χ0n) is 10.3. The number of carbonyl (C=O) groups excluding carboxylic acids is 1. The monoisotopic (exact) mass is 209 g/mol. The van der Waals surface area contributed by atoms with Gasteiger partial charge in [0.15, 0.2) is 0 Å². The van der Waals surface area contributed by atoms with E-state index < -0.39 is 0 Å². The predicted molar refractivity (Wildman–Crippen MR) is 61.5 cm³/mol. The smallest absolute Gasteiger partial charge is 0.219 e. The highest BCUT2D eigenvalue weighted by atomic mass is 16.2. The van der Waals surface area contributed by atoms with Crippen molar-refractivity contribution < 1.29 is 4.79 Å². The fourth-order valence-electron chi connectivity index (χ4n) is 3.40. The van der Waals surface area contributed by atoms with Gasteiger partial charge in [0.2, 0.25) is 5.91 Å². The van der Waals surface area contributed by atoms with Gasteiger partial charge in [-0.3, -0.25) is 4.79 Å². The fraction of sp³-hybridized carbons (Fsp3) is 0.923. The zero-order valence-corrected chi connectivity index (χ0v) is 10.3. The van der Waals surface area contributed by atoms with Crippen molar-refractivity contribution in [3.05, 3.63) is 0 Å². The van der Waals surface area contributed by atoms with E-state index in [2.05, 4.69) is 13.8 Å². The third kappa shape index (κ3) is 2.04. The van der Waals surface area contributed by atoms with Gasteiger partial charge in [-0.15, -0.1) is 0 Å². The summed E-state index contributed by atoms with van der Waals surface area (Å²) in [4.78, 5) is 13.4. The predicted octanol–water partition coefficient (Wildman–Crippen LogP) is 2.68. The normalized spacial score (nSPS) is 35.7. The van der Waals surface area contributed by atoms with Crippen LogP contribution in [0, 0.1) is 17.3 Å². The van der Waals surface area contributed by atoms with Crippen LogP contribution in [0.1, 0.15) is 46.5 Å². The van der Waals surface area contributed by atoms with Gasteiger partial charge >= 0.3 is 0 Å². The van der Waals surface area contributed by atoms with Crippen molar-refractivity contribution in [2.24, 2.45) is 17.3 Å². The summed E-state index contributed by atoms with van der Waals surface area (Å²) in [7, 11) is 0. The van der Waals surface area contributed by atoms with E-state index in [1.54, 1.807) is 6.92 Å². The third-order valence-electron chi connectivity index (χ3n) is 4.57. The van der Waals surface area contributed by atoms with Crippen molar-refractivity contribution >= 4 is 5.91 Å². The quantitative estimate of drug-likeness (QED) is 0.650. The van der Waals surface area contributed by atoms with Gasteiger partial charge in [0.25, 0.3) is 0 Å². The molecule has 0 bridgehead atoms. The van der Waals surface area contributed by atoms with Crippen molar-refractivity contribution in [2.75, 3.05) is 13.1 Å². The Morgan fingerprint density at radius 3 is 2.60 bits per heavy atom. The summed E-state index contributed by atoms with van der Waals surface area (Å²) in [6.07, 6.45) is 5.33. The molecule has 2 fully saturated rings. The van der Waals surface area contributed by atoms with E-state index in [1.165, 1.54) is 25.7 Å². The third-order valence-corrected chi connectivity index (χ3v) is 4.57. The van der Waals surface area contributed by atoms with Crippen molar-refractivity contribution in [1.29, 1.82) is 0 Å². The first-order valence-electron chi connectivity index (χ1n) is 6.28. The summed E-state index contributed by atoms with van der Waals surface area (Å²) in [6.45, 7) is 8.41. The molecule has 1 heterocycles. The second kappa shape index (κ2) is 3.80. The van der Waals surface area contributed by atoms with Crippen LogP contribution in [0.25, 0.3) is 0 Å². The molecule has 1 spiro atoms. The van der Waals surface area contributed by atoms with E-state index >= 15 is 0 Å². The van der Waals surface area contributed by atoms with Crippen LogP contribution in [0.5, 0.6) is 0 Å². The summed E-state index contributed by atoms with van der Waals surface area (Å²) >= 11 is 0. The molecule has 1 aliphatic carbocycles. The topological polar surface area (TPSA) is 20.3 Å². The molecule has 2 atom stereocenters. The van der Waals surface area contributed by atoms with Crippen LogP contribution in [0.2, 0.25) is 0 Å². The molecule has 0 N–H and O–H groups in total. The SMILES string of the molecule is CC(=O)N1CCC2(CCC(C(C)C)C2)C1. The maximum Gasteiger partial charge on any atom is 0.219 e. The first-order valence-corrected chi connectivity index (χ1v) is 6.28. The maximum absolute atomic E-state index is 11.3. The lowest BCUT2D eigenvalue weighted by Gasteiger charge is -2.24. The van der Waals surface area contributed by atoms with Crippen molar-refractivity contribution in [1.82, 2.24) is 4.90 Å². The highest BCUT2D eigenvalue weighted by molar-refractivity contribution is 5.73. The minimum atomic E-state index is 0.264. The highest BCUT2D eigenvalue weighted by Gasteiger charge is 2.45. The molecule has 0 aromatic heterocycles. The molecule has 0 aromatic carbocycles. The molecule has 1 saturated carbocycles. The molecule has 15 heavy (non-hydrogen) atoms. The minimum absolute atomic E-state index is 0.264. The Morgan fingerprint density at radius 2 is 2.13 bits per heavy atom. The number of amides is 1. The molecule has 1 amide bonds. The van der Waals surface area contributed by atoms with Crippen LogP contribution in [0.4, 0.5) is 0 Å². The summed E-state index contributed by atoms with van der Waals surface area (Å²) < 4.78 is 0. The molecule has 86 valence electrons. The maximum atomic E-state index is 11.3. The Balaban J connectivity index is 1.98. The van der Waals surface area contributed by atoms with Gasteiger partial charge in [0.05, 0.1) is 0 Å². The number of nitrogens with zero attached hydrogens (tertiary/aromatic N) is 1. The van der Waals surface area contributed by atoms with Crippen LogP contribution < -0.4 is 0 Å². The number of hydrogen-bond acceptors (Lipinski definition) is 1. The first-order chi connectivity index (χ1) is 7.02. The summed E-state index contributed by atoms with van der Waals surface area (Å²) in [5, 5.41) is 0. The van der Waals surface area contributed by atoms with Gasteiger partial charge in [-0.1, -0.05) is 13.8 Å². The summed E-state index contributed by atoms with van der Waals surface area (Å²) in [6, 6.07) is 0. The van der Waals surface area contributed by atoms with Gasteiger partial charge in [-0.25, -0.2) is 0 Å². The molecular formula is C13H23NO. The van der Waals surface area contributed by atoms with Gasteiger partial charge in [-0.2, -0.15) is 0 Å². The van der Waals surface area contributed by atoms with Crippen LogP contribution in [-0.4, -0.2) is 23.9 Å². The summed E-state index contributed by atoms with van der Waals surface area (Å²) in [5.74, 6) is 1.98. The molecule has 1 aliphatic heterocycles. The van der Waals surface area contributed by atoms with Crippen LogP contribution >= 0.6 is 0 Å². The number of hydrogen-bond donors (Lipinski definition) is 0. The van der Waals surface area contributed by atoms with Crippen molar-refractivity contribution in [3.63, 3.8) is 0 Å². The Bertz CT molecular complexity index is 261. The van der Waals surface area contributed by atoms with E-state index in [0.29, 0.717) is 5.41 Å². The van der Waals surface area contributed by atoms with E-state index in [-0.39, 0.29) is 5.91 Å². The number of carbonyl (C=O) groups is 1. The first kappa shape index (κ1) is 11.0. The summed E-state index contributed by atoms with van der Waals surface area (Å²) in [5.41, 5.74) is 0.501. The van der Waals surface area contributed by atoms with Crippen LogP contribution in [0.3, 0.4) is 0 Å². The van der Waals surface area contributed by atoms with Gasteiger partial charge in [0, 0.05) is 20.0 Å². The second-order valence-corrected chi connectivity index (χ2v) is 5.94. The molecule has 2 unspecified atom stereocenters.